The van der Waals surface area contributed by atoms with E-state index in [1.807, 2.05) is 0 Å². The van der Waals surface area contributed by atoms with Crippen LogP contribution in [0.25, 0.3) is 0 Å². The first kappa shape index (κ1) is 19.8. The maximum atomic E-state index is 14.4. The second kappa shape index (κ2) is 7.38. The van der Waals surface area contributed by atoms with Crippen molar-refractivity contribution < 1.29 is 31.9 Å². The second-order valence-electron chi connectivity index (χ2n) is 7.83. The van der Waals surface area contributed by atoms with Crippen LogP contribution in [0.15, 0.2) is 18.2 Å². The lowest BCUT2D eigenvalue weighted by atomic mass is 9.90. The minimum absolute atomic E-state index is 0.0105. The topological polar surface area (TPSA) is 61.9 Å². The fraction of sp³-hybridized carbons (Fsp3) is 0.579. The van der Waals surface area contributed by atoms with Gasteiger partial charge in [-0.25, -0.2) is 9.18 Å². The summed E-state index contributed by atoms with van der Waals surface area (Å²) >= 11 is 0. The molecule has 3 saturated heterocycles. The van der Waals surface area contributed by atoms with Crippen LogP contribution in [0.3, 0.4) is 0 Å². The van der Waals surface area contributed by atoms with Gasteiger partial charge in [0.2, 0.25) is 5.91 Å². The Morgan fingerprint density at radius 2 is 1.93 bits per heavy atom. The lowest BCUT2D eigenvalue weighted by Crippen LogP contribution is -2.53. The highest BCUT2D eigenvalue weighted by atomic mass is 19.4. The van der Waals surface area contributed by atoms with E-state index < -0.39 is 24.0 Å². The standard InChI is InChI=1S/C19H21F4N3O3/c20-15-5-11(1-3-16(15)25-8-13(9-25)19(21,22)23)12-6-26(7-12)17(27)4-2-14-10-29-18(28)24-14/h1,3,5,12-14H,2,4,6-10H2,(H,24,28)/t14-/m1/s1. The zero-order chi connectivity index (χ0) is 20.8. The van der Waals surface area contributed by atoms with Gasteiger partial charge in [0.15, 0.2) is 0 Å². The molecule has 1 N–H and O–H groups in total. The Hall–Kier alpha value is -2.52. The molecule has 0 unspecified atom stereocenters. The predicted octanol–water partition coefficient (Wildman–Crippen LogP) is 2.64. The fourth-order valence-electron chi connectivity index (χ4n) is 3.85. The van der Waals surface area contributed by atoms with Crippen LogP contribution < -0.4 is 10.2 Å². The minimum atomic E-state index is -4.24. The normalized spacial score (nSPS) is 22.8. The third-order valence-corrected chi connectivity index (χ3v) is 5.81. The smallest absolute Gasteiger partial charge is 0.407 e. The number of ether oxygens (including phenoxy) is 1. The van der Waals surface area contributed by atoms with Crippen molar-refractivity contribution in [3.8, 4) is 0 Å². The molecule has 158 valence electrons. The summed E-state index contributed by atoms with van der Waals surface area (Å²) in [6.45, 7) is 0.771. The molecule has 1 atom stereocenters. The number of nitrogens with one attached hydrogen (secondary N) is 1. The molecule has 29 heavy (non-hydrogen) atoms. The van der Waals surface area contributed by atoms with Crippen molar-refractivity contribution in [3.05, 3.63) is 29.6 Å². The average Bonchev–Trinajstić information content (AvgIpc) is 2.96. The molecule has 0 radical (unpaired) electrons. The summed E-state index contributed by atoms with van der Waals surface area (Å²) in [6.07, 6.45) is -3.91. The SMILES string of the molecule is O=C1N[C@H](CCC(=O)N2CC(c3ccc(N4CC(C(F)(F)F)C4)c(F)c3)C2)CO1. The lowest BCUT2D eigenvalue weighted by molar-refractivity contribution is -0.180. The van der Waals surface area contributed by atoms with E-state index in [4.69, 9.17) is 4.74 Å². The number of rotatable bonds is 5. The van der Waals surface area contributed by atoms with E-state index in [1.165, 1.54) is 17.0 Å². The molecule has 0 saturated carbocycles. The molecule has 3 heterocycles. The molecule has 3 fully saturated rings. The van der Waals surface area contributed by atoms with Crippen LogP contribution in [-0.4, -0.2) is 61.9 Å². The number of alkyl halides is 3. The van der Waals surface area contributed by atoms with Gasteiger partial charge < -0.3 is 19.9 Å². The van der Waals surface area contributed by atoms with E-state index in [2.05, 4.69) is 5.32 Å². The Morgan fingerprint density at radius 3 is 2.52 bits per heavy atom. The number of anilines is 1. The number of carbonyl (C=O) groups excluding carboxylic acids is 2. The number of carbonyl (C=O) groups is 2. The molecule has 0 aliphatic carbocycles. The van der Waals surface area contributed by atoms with Crippen molar-refractivity contribution in [1.29, 1.82) is 0 Å². The molecular weight excluding hydrogens is 394 g/mol. The van der Waals surface area contributed by atoms with Crippen LogP contribution in [0, 0.1) is 11.7 Å². The zero-order valence-corrected chi connectivity index (χ0v) is 15.5. The summed E-state index contributed by atoms with van der Waals surface area (Å²) in [4.78, 5) is 26.2. The highest BCUT2D eigenvalue weighted by Gasteiger charge is 2.47. The molecule has 1 aromatic carbocycles. The number of amides is 2. The van der Waals surface area contributed by atoms with Gasteiger partial charge in [-0.15, -0.1) is 0 Å². The summed E-state index contributed by atoms with van der Waals surface area (Å²) < 4.78 is 57.0. The quantitative estimate of drug-likeness (QED) is 0.752. The first-order valence-electron chi connectivity index (χ1n) is 9.53. The van der Waals surface area contributed by atoms with E-state index >= 15 is 0 Å². The highest BCUT2D eigenvalue weighted by Crippen LogP contribution is 2.38. The molecule has 4 rings (SSSR count). The number of cyclic esters (lactones) is 1. The first-order valence-corrected chi connectivity index (χ1v) is 9.53. The van der Waals surface area contributed by atoms with Gasteiger partial charge in [-0.3, -0.25) is 4.79 Å². The number of alkyl carbamates (subject to hydrolysis) is 1. The van der Waals surface area contributed by atoms with Crippen molar-refractivity contribution in [2.24, 2.45) is 5.92 Å². The van der Waals surface area contributed by atoms with Crippen LogP contribution in [-0.2, 0) is 9.53 Å². The van der Waals surface area contributed by atoms with Crippen LogP contribution in [0.1, 0.15) is 24.3 Å². The van der Waals surface area contributed by atoms with Gasteiger partial charge in [-0.1, -0.05) is 6.07 Å². The number of hydrogen-bond acceptors (Lipinski definition) is 4. The van der Waals surface area contributed by atoms with Crippen molar-refractivity contribution in [2.45, 2.75) is 31.0 Å². The fourth-order valence-corrected chi connectivity index (χ4v) is 3.85. The molecule has 3 aliphatic rings. The summed E-state index contributed by atoms with van der Waals surface area (Å²) in [5.74, 6) is -1.96. The number of hydrogen-bond donors (Lipinski definition) is 1. The summed E-state index contributed by atoms with van der Waals surface area (Å²) in [6, 6.07) is 4.44. The Morgan fingerprint density at radius 1 is 1.21 bits per heavy atom. The monoisotopic (exact) mass is 415 g/mol. The predicted molar refractivity (Wildman–Crippen MR) is 95.0 cm³/mol. The van der Waals surface area contributed by atoms with Crippen molar-refractivity contribution in [3.63, 3.8) is 0 Å². The average molecular weight is 415 g/mol. The van der Waals surface area contributed by atoms with Crippen molar-refractivity contribution in [2.75, 3.05) is 37.7 Å². The van der Waals surface area contributed by atoms with Crippen molar-refractivity contribution in [1.82, 2.24) is 10.2 Å². The van der Waals surface area contributed by atoms with Gasteiger partial charge in [-0.05, 0) is 24.1 Å². The molecule has 6 nitrogen and oxygen atoms in total. The largest absolute Gasteiger partial charge is 0.447 e. The summed E-state index contributed by atoms with van der Waals surface area (Å²) in [7, 11) is 0. The van der Waals surface area contributed by atoms with Crippen molar-refractivity contribution >= 4 is 17.7 Å². The van der Waals surface area contributed by atoms with E-state index in [0.29, 0.717) is 25.9 Å². The molecule has 3 aliphatic heterocycles. The van der Waals surface area contributed by atoms with Gasteiger partial charge in [-0.2, -0.15) is 13.2 Å². The van der Waals surface area contributed by atoms with Gasteiger partial charge in [0.1, 0.15) is 12.4 Å². The summed E-state index contributed by atoms with van der Waals surface area (Å²) in [5.41, 5.74) is 0.919. The van der Waals surface area contributed by atoms with Crippen LogP contribution in [0.4, 0.5) is 28.0 Å². The number of benzene rings is 1. The molecule has 10 heteroatoms. The van der Waals surface area contributed by atoms with Crippen LogP contribution in [0.5, 0.6) is 0 Å². The van der Waals surface area contributed by atoms with Gasteiger partial charge in [0.05, 0.1) is 17.6 Å². The minimum Gasteiger partial charge on any atom is -0.447 e. The third-order valence-electron chi connectivity index (χ3n) is 5.81. The molecule has 0 bridgehead atoms. The van der Waals surface area contributed by atoms with E-state index in [9.17, 15) is 27.2 Å². The number of halogens is 4. The Bertz CT molecular complexity index is 804. The Balaban J connectivity index is 1.25. The second-order valence-corrected chi connectivity index (χ2v) is 7.83. The molecule has 0 aromatic heterocycles. The van der Waals surface area contributed by atoms with E-state index in [1.54, 1.807) is 11.0 Å². The maximum Gasteiger partial charge on any atom is 0.407 e. The molecule has 2 amide bonds. The van der Waals surface area contributed by atoms with Gasteiger partial charge in [0, 0.05) is 38.5 Å². The zero-order valence-electron chi connectivity index (χ0n) is 15.5. The summed E-state index contributed by atoms with van der Waals surface area (Å²) in [5, 5.41) is 2.62. The third kappa shape index (κ3) is 4.11. The van der Waals surface area contributed by atoms with Gasteiger partial charge >= 0.3 is 12.3 Å². The van der Waals surface area contributed by atoms with Gasteiger partial charge in [0.25, 0.3) is 0 Å². The molecule has 1 aromatic rings. The highest BCUT2D eigenvalue weighted by molar-refractivity contribution is 5.77. The Kier molecular flexibility index (Phi) is 5.04. The van der Waals surface area contributed by atoms with E-state index in [0.717, 1.165) is 5.56 Å². The number of nitrogens with zero attached hydrogens (tertiary/aromatic N) is 2. The number of likely N-dealkylation sites (tertiary alicyclic amines) is 1. The molecule has 0 spiro atoms. The maximum absolute atomic E-state index is 14.4. The van der Waals surface area contributed by atoms with E-state index in [-0.39, 0.29) is 43.3 Å². The molecular formula is C19H21F4N3O3. The Labute approximate surface area is 164 Å². The lowest BCUT2D eigenvalue weighted by Gasteiger charge is -2.42. The first-order chi connectivity index (χ1) is 13.7. The van der Waals surface area contributed by atoms with Crippen LogP contribution in [0.2, 0.25) is 0 Å². The van der Waals surface area contributed by atoms with Crippen LogP contribution >= 0.6 is 0 Å².